The number of esters is 1. The van der Waals surface area contributed by atoms with E-state index < -0.39 is 11.6 Å². The molecule has 0 bridgehead atoms. The Morgan fingerprint density at radius 1 is 1.17 bits per heavy atom. The fourth-order valence-corrected chi connectivity index (χ4v) is 3.55. The Morgan fingerprint density at radius 3 is 2.67 bits per heavy atom. The summed E-state index contributed by atoms with van der Waals surface area (Å²) in [5.41, 5.74) is 4.34. The van der Waals surface area contributed by atoms with E-state index in [-0.39, 0.29) is 12.6 Å². The first-order valence-corrected chi connectivity index (χ1v) is 9.81. The van der Waals surface area contributed by atoms with Crippen molar-refractivity contribution in [2.75, 3.05) is 0 Å². The normalized spacial score (nSPS) is 11.5. The summed E-state index contributed by atoms with van der Waals surface area (Å²) in [6, 6.07) is 7.02. The van der Waals surface area contributed by atoms with E-state index in [2.05, 4.69) is 10.1 Å². The molecule has 0 saturated carbocycles. The predicted molar refractivity (Wildman–Crippen MR) is 114 cm³/mol. The van der Waals surface area contributed by atoms with Crippen molar-refractivity contribution < 1.29 is 13.9 Å². The quantitative estimate of drug-likeness (QED) is 0.369. The van der Waals surface area contributed by atoms with E-state index >= 15 is 0 Å². The van der Waals surface area contributed by atoms with Gasteiger partial charge in [0.2, 0.25) is 0 Å². The second kappa shape index (κ2) is 7.40. The summed E-state index contributed by atoms with van der Waals surface area (Å²) in [4.78, 5) is 29.5. The lowest BCUT2D eigenvalue weighted by atomic mass is 10.0. The highest BCUT2D eigenvalue weighted by Gasteiger charge is 2.19. The van der Waals surface area contributed by atoms with Crippen LogP contribution in [-0.4, -0.2) is 20.7 Å². The monoisotopic (exact) mass is 405 g/mol. The molecule has 0 N–H and O–H groups in total. The number of pyridine rings is 1. The molecule has 0 aliphatic carbocycles. The van der Waals surface area contributed by atoms with Crippen LogP contribution in [-0.2, 0) is 11.3 Å². The molecule has 0 unspecified atom stereocenters. The molecule has 1 aromatic carbocycles. The van der Waals surface area contributed by atoms with Crippen LogP contribution in [0.1, 0.15) is 52.6 Å². The minimum absolute atomic E-state index is 0.0371. The SMILES string of the molecule is Cc1cc(C(=O)OCc2cc(=O)oc3c(C)c(C)ccc23)c2cnn(C(C)C)c2n1. The van der Waals surface area contributed by atoms with Crippen LogP contribution >= 0.6 is 0 Å². The molecule has 154 valence electrons. The van der Waals surface area contributed by atoms with Crippen LogP contribution in [0.25, 0.3) is 22.0 Å². The van der Waals surface area contributed by atoms with Gasteiger partial charge in [-0.2, -0.15) is 5.10 Å². The number of aromatic nitrogens is 3. The smallest absolute Gasteiger partial charge is 0.339 e. The molecule has 7 heteroatoms. The average molecular weight is 405 g/mol. The van der Waals surface area contributed by atoms with E-state index in [1.807, 2.05) is 46.8 Å². The highest BCUT2D eigenvalue weighted by atomic mass is 16.5. The number of benzene rings is 1. The number of nitrogens with zero attached hydrogens (tertiary/aromatic N) is 3. The minimum atomic E-state index is -0.487. The van der Waals surface area contributed by atoms with Gasteiger partial charge in [-0.25, -0.2) is 19.3 Å². The molecule has 4 rings (SSSR count). The summed E-state index contributed by atoms with van der Waals surface area (Å²) >= 11 is 0. The zero-order valence-corrected chi connectivity index (χ0v) is 17.6. The van der Waals surface area contributed by atoms with Gasteiger partial charge in [-0.3, -0.25) is 0 Å². The van der Waals surface area contributed by atoms with Crippen LogP contribution in [0.5, 0.6) is 0 Å². The van der Waals surface area contributed by atoms with Crippen molar-refractivity contribution in [2.24, 2.45) is 0 Å². The van der Waals surface area contributed by atoms with Crippen molar-refractivity contribution in [1.82, 2.24) is 14.8 Å². The Bertz CT molecular complexity index is 1350. The Morgan fingerprint density at radius 2 is 1.93 bits per heavy atom. The molecule has 0 saturated heterocycles. The Labute approximate surface area is 173 Å². The lowest BCUT2D eigenvalue weighted by molar-refractivity contribution is 0.0476. The molecule has 3 heterocycles. The molecule has 0 fully saturated rings. The third kappa shape index (κ3) is 3.36. The van der Waals surface area contributed by atoms with Crippen LogP contribution in [0.3, 0.4) is 0 Å². The van der Waals surface area contributed by atoms with Crippen LogP contribution in [0.2, 0.25) is 0 Å². The molecule has 3 aromatic heterocycles. The molecule has 4 aromatic rings. The second-order valence-corrected chi connectivity index (χ2v) is 7.78. The third-order valence-corrected chi connectivity index (χ3v) is 5.28. The van der Waals surface area contributed by atoms with Crippen LogP contribution in [0.4, 0.5) is 0 Å². The molecule has 0 aliphatic rings. The molecule has 0 amide bonds. The van der Waals surface area contributed by atoms with Crippen LogP contribution < -0.4 is 5.63 Å². The summed E-state index contributed by atoms with van der Waals surface area (Å²) in [5.74, 6) is -0.487. The maximum Gasteiger partial charge on any atom is 0.339 e. The molecule has 0 radical (unpaired) electrons. The van der Waals surface area contributed by atoms with Gasteiger partial charge in [0, 0.05) is 28.8 Å². The Kier molecular flexibility index (Phi) is 4.89. The van der Waals surface area contributed by atoms with E-state index in [0.717, 1.165) is 16.5 Å². The summed E-state index contributed by atoms with van der Waals surface area (Å²) in [5, 5.41) is 5.76. The van der Waals surface area contributed by atoms with Gasteiger partial charge in [0.05, 0.1) is 17.1 Å². The molecular formula is C23H23N3O4. The number of aryl methyl sites for hydroxylation is 3. The third-order valence-electron chi connectivity index (χ3n) is 5.28. The lowest BCUT2D eigenvalue weighted by Crippen LogP contribution is -2.10. The molecule has 0 aliphatic heterocycles. The highest BCUT2D eigenvalue weighted by Crippen LogP contribution is 2.25. The van der Waals surface area contributed by atoms with Crippen LogP contribution in [0, 0.1) is 20.8 Å². The first-order chi connectivity index (χ1) is 14.3. The fraction of sp³-hybridized carbons (Fsp3) is 0.304. The number of ether oxygens (including phenoxy) is 1. The first kappa shape index (κ1) is 19.8. The predicted octanol–water partition coefficient (Wildman–Crippen LogP) is 4.40. The van der Waals surface area contributed by atoms with Crippen molar-refractivity contribution in [3.8, 4) is 0 Å². The minimum Gasteiger partial charge on any atom is -0.457 e. The van der Waals surface area contributed by atoms with Crippen molar-refractivity contribution in [1.29, 1.82) is 0 Å². The molecule has 7 nitrogen and oxygen atoms in total. The summed E-state index contributed by atoms with van der Waals surface area (Å²) < 4.78 is 12.8. The van der Waals surface area contributed by atoms with E-state index in [4.69, 9.17) is 9.15 Å². The standard InChI is InChI=1S/C23H23N3O4/c1-12(2)26-22-19(10-24-26)18(8-14(4)25-22)23(28)29-11-16-9-20(27)30-21-15(5)13(3)6-7-17(16)21/h6-10,12H,11H2,1-5H3. The Balaban J connectivity index is 1.70. The molecular weight excluding hydrogens is 382 g/mol. The second-order valence-electron chi connectivity index (χ2n) is 7.78. The van der Waals surface area contributed by atoms with E-state index in [1.165, 1.54) is 6.07 Å². The Hall–Kier alpha value is -3.48. The largest absolute Gasteiger partial charge is 0.457 e. The number of fused-ring (bicyclic) bond motifs is 2. The van der Waals surface area contributed by atoms with E-state index in [1.54, 1.807) is 16.9 Å². The average Bonchev–Trinajstić information content (AvgIpc) is 3.12. The molecule has 0 spiro atoms. The highest BCUT2D eigenvalue weighted by molar-refractivity contribution is 6.02. The van der Waals surface area contributed by atoms with Crippen molar-refractivity contribution in [3.63, 3.8) is 0 Å². The number of hydrogen-bond acceptors (Lipinski definition) is 6. The van der Waals surface area contributed by atoms with Crippen molar-refractivity contribution in [2.45, 2.75) is 47.3 Å². The maximum atomic E-state index is 12.9. The number of rotatable bonds is 4. The van der Waals surface area contributed by atoms with Gasteiger partial charge in [-0.1, -0.05) is 12.1 Å². The number of carbonyl (C=O) groups is 1. The summed E-state index contributed by atoms with van der Waals surface area (Å²) in [6.45, 7) is 9.66. The molecule has 0 atom stereocenters. The van der Waals surface area contributed by atoms with Gasteiger partial charge in [0.25, 0.3) is 0 Å². The van der Waals surface area contributed by atoms with Gasteiger partial charge in [0.15, 0.2) is 5.65 Å². The van der Waals surface area contributed by atoms with Gasteiger partial charge in [-0.05, 0) is 51.8 Å². The van der Waals surface area contributed by atoms with Crippen molar-refractivity contribution >= 4 is 28.0 Å². The zero-order chi connectivity index (χ0) is 21.6. The van der Waals surface area contributed by atoms with E-state index in [0.29, 0.717) is 33.4 Å². The first-order valence-electron chi connectivity index (χ1n) is 9.81. The van der Waals surface area contributed by atoms with Gasteiger partial charge >= 0.3 is 11.6 Å². The van der Waals surface area contributed by atoms with Crippen LogP contribution in [0.15, 0.2) is 39.7 Å². The fourth-order valence-electron chi connectivity index (χ4n) is 3.55. The lowest BCUT2D eigenvalue weighted by Gasteiger charge is -2.11. The number of hydrogen-bond donors (Lipinski definition) is 0. The maximum absolute atomic E-state index is 12.9. The topological polar surface area (TPSA) is 87.2 Å². The molecule has 30 heavy (non-hydrogen) atoms. The van der Waals surface area contributed by atoms with Gasteiger partial charge in [-0.15, -0.1) is 0 Å². The number of carbonyl (C=O) groups excluding carboxylic acids is 1. The summed E-state index contributed by atoms with van der Waals surface area (Å²) in [7, 11) is 0. The van der Waals surface area contributed by atoms with E-state index in [9.17, 15) is 9.59 Å². The van der Waals surface area contributed by atoms with Crippen molar-refractivity contribution in [3.05, 3.63) is 68.8 Å². The van der Waals surface area contributed by atoms with Gasteiger partial charge in [0.1, 0.15) is 12.2 Å². The summed E-state index contributed by atoms with van der Waals surface area (Å²) in [6.07, 6.45) is 1.64. The zero-order valence-electron chi connectivity index (χ0n) is 17.6. The van der Waals surface area contributed by atoms with Gasteiger partial charge < -0.3 is 9.15 Å².